The van der Waals surface area contributed by atoms with Crippen molar-refractivity contribution in [3.05, 3.63) is 139 Å². The first-order chi connectivity index (χ1) is 17.0. The van der Waals surface area contributed by atoms with E-state index in [-0.39, 0.29) is 11.9 Å². The topological polar surface area (TPSA) is 26.3 Å². The second-order valence-electron chi connectivity index (χ2n) is 8.84. The third-order valence-electron chi connectivity index (χ3n) is 6.06. The highest BCUT2D eigenvalue weighted by Gasteiger charge is 2.26. The fourth-order valence-corrected chi connectivity index (χ4v) is 6.50. The molecule has 0 amide bonds. The number of ether oxygens (including phenoxy) is 1. The standard InChI is InChI=1S/C32H31O2P/c1-24(2)25(3)30(23-26-15-7-4-8-16-26)34-32(33)29-21-13-14-22-31(29)35(27-17-9-5-10-18-27)28-19-11-6-12-20-28/h4-22,24,30H,3,23H2,1-2H3. The second-order valence-corrected chi connectivity index (χ2v) is 11.0. The molecule has 0 aliphatic heterocycles. The highest BCUT2D eigenvalue weighted by Crippen LogP contribution is 2.34. The third kappa shape index (κ3) is 6.15. The Kier molecular flexibility index (Phi) is 8.29. The van der Waals surface area contributed by atoms with Crippen molar-refractivity contribution < 1.29 is 9.53 Å². The van der Waals surface area contributed by atoms with Gasteiger partial charge in [0.25, 0.3) is 0 Å². The first-order valence-corrected chi connectivity index (χ1v) is 13.3. The van der Waals surface area contributed by atoms with Gasteiger partial charge in [0.05, 0.1) is 5.56 Å². The Morgan fingerprint density at radius 3 is 1.77 bits per heavy atom. The number of benzene rings is 4. The minimum absolute atomic E-state index is 0.206. The van der Waals surface area contributed by atoms with E-state index in [2.05, 4.69) is 87.2 Å². The zero-order valence-corrected chi connectivity index (χ0v) is 21.2. The molecule has 35 heavy (non-hydrogen) atoms. The molecular weight excluding hydrogens is 447 g/mol. The summed E-state index contributed by atoms with van der Waals surface area (Å²) in [5.74, 6) is -0.0970. The fourth-order valence-electron chi connectivity index (χ4n) is 4.06. The maximum Gasteiger partial charge on any atom is 0.339 e. The highest BCUT2D eigenvalue weighted by atomic mass is 31.1. The molecule has 0 saturated carbocycles. The van der Waals surface area contributed by atoms with Crippen LogP contribution >= 0.6 is 7.92 Å². The molecule has 0 bridgehead atoms. The molecule has 0 radical (unpaired) electrons. The van der Waals surface area contributed by atoms with Crippen LogP contribution in [0.25, 0.3) is 0 Å². The molecule has 0 saturated heterocycles. The van der Waals surface area contributed by atoms with Gasteiger partial charge in [-0.2, -0.15) is 0 Å². The van der Waals surface area contributed by atoms with Crippen molar-refractivity contribution in [2.45, 2.75) is 26.4 Å². The van der Waals surface area contributed by atoms with Gasteiger partial charge in [0.15, 0.2) is 0 Å². The molecule has 3 heteroatoms. The number of hydrogen-bond acceptors (Lipinski definition) is 2. The summed E-state index contributed by atoms with van der Waals surface area (Å²) in [5, 5.41) is 3.39. The van der Waals surface area contributed by atoms with Crippen molar-refractivity contribution in [2.75, 3.05) is 0 Å². The van der Waals surface area contributed by atoms with Crippen LogP contribution in [0, 0.1) is 5.92 Å². The van der Waals surface area contributed by atoms with E-state index in [1.165, 1.54) is 10.6 Å². The molecule has 0 spiro atoms. The molecule has 176 valence electrons. The number of esters is 1. The zero-order chi connectivity index (χ0) is 24.6. The van der Waals surface area contributed by atoms with Gasteiger partial charge in [0.2, 0.25) is 0 Å². The quantitative estimate of drug-likeness (QED) is 0.158. The van der Waals surface area contributed by atoms with Gasteiger partial charge in [-0.3, -0.25) is 0 Å². The average molecular weight is 479 g/mol. The Morgan fingerprint density at radius 2 is 1.23 bits per heavy atom. The van der Waals surface area contributed by atoms with Crippen LogP contribution in [0.2, 0.25) is 0 Å². The Hall–Kier alpha value is -3.48. The Morgan fingerprint density at radius 1 is 0.743 bits per heavy atom. The molecule has 0 N–H and O–H groups in total. The number of carbonyl (C=O) groups excluding carboxylic acids is 1. The molecular formula is C32H31O2P. The normalized spacial score (nSPS) is 11.9. The minimum atomic E-state index is -0.923. The molecule has 0 fully saturated rings. The van der Waals surface area contributed by atoms with Crippen molar-refractivity contribution in [1.82, 2.24) is 0 Å². The maximum absolute atomic E-state index is 13.7. The fraction of sp³-hybridized carbons (Fsp3) is 0.156. The van der Waals surface area contributed by atoms with Crippen LogP contribution in [0.3, 0.4) is 0 Å². The average Bonchev–Trinajstić information content (AvgIpc) is 2.90. The molecule has 0 heterocycles. The highest BCUT2D eigenvalue weighted by molar-refractivity contribution is 7.80. The Labute approximate surface area is 210 Å². The van der Waals surface area contributed by atoms with Crippen molar-refractivity contribution in [3.8, 4) is 0 Å². The summed E-state index contributed by atoms with van der Waals surface area (Å²) in [6.45, 7) is 8.46. The predicted molar refractivity (Wildman–Crippen MR) is 148 cm³/mol. The van der Waals surface area contributed by atoms with E-state index < -0.39 is 14.0 Å². The summed E-state index contributed by atoms with van der Waals surface area (Å²) in [6, 6.07) is 38.8. The van der Waals surface area contributed by atoms with E-state index >= 15 is 0 Å². The van der Waals surface area contributed by atoms with E-state index in [4.69, 9.17) is 4.74 Å². The van der Waals surface area contributed by atoms with Crippen molar-refractivity contribution in [2.24, 2.45) is 5.92 Å². The van der Waals surface area contributed by atoms with Crippen molar-refractivity contribution in [1.29, 1.82) is 0 Å². The summed E-state index contributed by atoms with van der Waals surface area (Å²) in [7, 11) is -0.923. The van der Waals surface area contributed by atoms with E-state index in [0.717, 1.165) is 16.4 Å². The lowest BCUT2D eigenvalue weighted by Crippen LogP contribution is -2.29. The van der Waals surface area contributed by atoms with Gasteiger partial charge in [-0.05, 0) is 47.0 Å². The first kappa shape index (κ1) is 24.6. The summed E-state index contributed by atoms with van der Waals surface area (Å²) < 4.78 is 6.20. The molecule has 0 aliphatic rings. The molecule has 2 nitrogen and oxygen atoms in total. The van der Waals surface area contributed by atoms with E-state index in [0.29, 0.717) is 12.0 Å². The Bertz CT molecular complexity index is 1210. The summed E-state index contributed by atoms with van der Waals surface area (Å²) in [6.07, 6.45) is 0.218. The molecule has 1 atom stereocenters. The Balaban J connectivity index is 1.71. The molecule has 4 aromatic rings. The predicted octanol–water partition coefficient (Wildman–Crippen LogP) is 6.43. The van der Waals surface area contributed by atoms with E-state index in [1.54, 1.807) is 0 Å². The molecule has 4 aromatic carbocycles. The summed E-state index contributed by atoms with van der Waals surface area (Å²) in [4.78, 5) is 13.7. The van der Waals surface area contributed by atoms with Crippen LogP contribution in [0.15, 0.2) is 127 Å². The lowest BCUT2D eigenvalue weighted by Gasteiger charge is -2.25. The van der Waals surface area contributed by atoms with Crippen LogP contribution in [0.1, 0.15) is 29.8 Å². The van der Waals surface area contributed by atoms with Gasteiger partial charge >= 0.3 is 5.97 Å². The molecule has 1 unspecified atom stereocenters. The minimum Gasteiger partial charge on any atom is -0.454 e. The summed E-state index contributed by atoms with van der Waals surface area (Å²) >= 11 is 0. The molecule has 0 aliphatic carbocycles. The molecule has 0 aromatic heterocycles. The lowest BCUT2D eigenvalue weighted by atomic mass is 9.94. The maximum atomic E-state index is 13.7. The second kappa shape index (κ2) is 11.8. The van der Waals surface area contributed by atoms with Gasteiger partial charge in [0, 0.05) is 6.42 Å². The van der Waals surface area contributed by atoms with Crippen LogP contribution in [-0.4, -0.2) is 12.1 Å². The monoisotopic (exact) mass is 478 g/mol. The van der Waals surface area contributed by atoms with Gasteiger partial charge in [0.1, 0.15) is 6.10 Å². The smallest absolute Gasteiger partial charge is 0.339 e. The van der Waals surface area contributed by atoms with Crippen LogP contribution < -0.4 is 15.9 Å². The number of hydrogen-bond donors (Lipinski definition) is 0. The van der Waals surface area contributed by atoms with Crippen LogP contribution in [0.5, 0.6) is 0 Å². The van der Waals surface area contributed by atoms with Gasteiger partial charge < -0.3 is 4.74 Å². The number of carbonyl (C=O) groups is 1. The largest absolute Gasteiger partial charge is 0.454 e. The van der Waals surface area contributed by atoms with Gasteiger partial charge in [-0.25, -0.2) is 4.79 Å². The van der Waals surface area contributed by atoms with E-state index in [9.17, 15) is 4.79 Å². The van der Waals surface area contributed by atoms with Crippen LogP contribution in [-0.2, 0) is 11.2 Å². The van der Waals surface area contributed by atoms with Crippen LogP contribution in [0.4, 0.5) is 0 Å². The summed E-state index contributed by atoms with van der Waals surface area (Å²) in [5.41, 5.74) is 2.66. The number of rotatable bonds is 9. The van der Waals surface area contributed by atoms with E-state index in [1.807, 2.05) is 48.5 Å². The van der Waals surface area contributed by atoms with Crippen molar-refractivity contribution >= 4 is 29.8 Å². The third-order valence-corrected chi connectivity index (χ3v) is 8.56. The van der Waals surface area contributed by atoms with Crippen molar-refractivity contribution in [3.63, 3.8) is 0 Å². The lowest BCUT2D eigenvalue weighted by molar-refractivity contribution is 0.0363. The molecule has 4 rings (SSSR count). The van der Waals surface area contributed by atoms with Gasteiger partial charge in [-0.15, -0.1) is 0 Å². The zero-order valence-electron chi connectivity index (χ0n) is 20.3. The SMILES string of the molecule is C=C(C(C)C)C(Cc1ccccc1)OC(=O)c1ccccc1P(c1ccccc1)c1ccccc1. The van der Waals surface area contributed by atoms with Gasteiger partial charge in [-0.1, -0.05) is 130 Å². The first-order valence-electron chi connectivity index (χ1n) is 12.0.